The lowest BCUT2D eigenvalue weighted by Gasteiger charge is -2.11. The summed E-state index contributed by atoms with van der Waals surface area (Å²) in [6, 6.07) is 0. The molecule has 0 aliphatic heterocycles. The van der Waals surface area contributed by atoms with Gasteiger partial charge < -0.3 is 9.47 Å². The molecule has 0 bridgehead atoms. The van der Waals surface area contributed by atoms with Gasteiger partial charge in [0.1, 0.15) is 0 Å². The Balaban J connectivity index is 2.84. The van der Waals surface area contributed by atoms with E-state index in [1.807, 2.05) is 0 Å². The number of carbonyl (C=O) groups excluding carboxylic acids is 1. The molecule has 63 valence electrons. The first-order valence-corrected chi connectivity index (χ1v) is 3.42. The number of hydrogen-bond donors (Lipinski definition) is 0. The molecule has 1 radical (unpaired) electrons. The molecule has 0 spiro atoms. The van der Waals surface area contributed by atoms with Crippen LogP contribution in [0.4, 0.5) is 0 Å². The summed E-state index contributed by atoms with van der Waals surface area (Å²) in [6.45, 7) is 0. The lowest BCUT2D eigenvalue weighted by Crippen LogP contribution is -2.13. The van der Waals surface area contributed by atoms with Gasteiger partial charge >= 0.3 is 5.97 Å². The maximum Gasteiger partial charge on any atom is 0.337 e. The second-order valence-electron chi connectivity index (χ2n) is 2.12. The summed E-state index contributed by atoms with van der Waals surface area (Å²) < 4.78 is 9.48. The van der Waals surface area contributed by atoms with Crippen molar-refractivity contribution >= 4 is 5.97 Å². The summed E-state index contributed by atoms with van der Waals surface area (Å²) in [4.78, 5) is 11.1. The third-order valence-corrected chi connectivity index (χ3v) is 1.45. The smallest absolute Gasteiger partial charge is 0.337 e. The van der Waals surface area contributed by atoms with E-state index < -0.39 is 5.97 Å². The first kappa shape index (κ1) is 8.78. The monoisotopic (exact) mass is 165 g/mol. The molecule has 0 aromatic carbocycles. The second kappa shape index (κ2) is 3.90. The molecule has 0 amide bonds. The molecule has 0 heterocycles. The van der Waals surface area contributed by atoms with Crippen LogP contribution in [0.25, 0.3) is 0 Å². The first-order valence-electron chi connectivity index (χ1n) is 3.42. The van der Waals surface area contributed by atoms with Crippen LogP contribution in [-0.2, 0) is 14.3 Å². The molecule has 0 atom stereocenters. The van der Waals surface area contributed by atoms with Crippen LogP contribution in [-0.4, -0.2) is 20.2 Å². The minimum absolute atomic E-state index is 0.402. The van der Waals surface area contributed by atoms with E-state index in [1.54, 1.807) is 18.2 Å². The van der Waals surface area contributed by atoms with E-state index in [9.17, 15) is 4.79 Å². The van der Waals surface area contributed by atoms with Crippen molar-refractivity contribution in [2.75, 3.05) is 14.2 Å². The van der Waals surface area contributed by atoms with Crippen molar-refractivity contribution in [2.45, 2.75) is 0 Å². The van der Waals surface area contributed by atoms with Gasteiger partial charge in [0.25, 0.3) is 0 Å². The second-order valence-corrected chi connectivity index (χ2v) is 2.12. The summed E-state index contributed by atoms with van der Waals surface area (Å²) >= 11 is 0. The van der Waals surface area contributed by atoms with Crippen molar-refractivity contribution in [1.29, 1.82) is 0 Å². The third-order valence-electron chi connectivity index (χ3n) is 1.45. The Labute approximate surface area is 71.0 Å². The number of ether oxygens (including phenoxy) is 2. The van der Waals surface area contributed by atoms with E-state index in [1.165, 1.54) is 14.2 Å². The molecule has 1 rings (SSSR count). The van der Waals surface area contributed by atoms with E-state index in [2.05, 4.69) is 10.5 Å². The molecular formula is C9H9O3. The highest BCUT2D eigenvalue weighted by Gasteiger charge is 2.20. The SMILES string of the molecule is CO[C]1C=C=CC=C1C(=O)OC. The molecule has 3 nitrogen and oxygen atoms in total. The standard InChI is InChI=1S/C9H9O3/c1-11-8-6-4-3-5-7(8)9(10)12-2/h3,5-6H,1-2H3. The number of esters is 1. The van der Waals surface area contributed by atoms with Crippen LogP contribution in [0, 0.1) is 6.10 Å². The molecule has 0 aromatic heterocycles. The van der Waals surface area contributed by atoms with Gasteiger partial charge in [0, 0.05) is 7.11 Å². The molecule has 0 saturated carbocycles. The van der Waals surface area contributed by atoms with Gasteiger partial charge in [-0.1, -0.05) is 0 Å². The number of methoxy groups -OCH3 is 2. The van der Waals surface area contributed by atoms with Crippen molar-refractivity contribution in [2.24, 2.45) is 0 Å². The Morgan fingerprint density at radius 2 is 2.25 bits per heavy atom. The van der Waals surface area contributed by atoms with Gasteiger partial charge in [-0.2, -0.15) is 0 Å². The normalized spacial score (nSPS) is 16.0. The van der Waals surface area contributed by atoms with Crippen molar-refractivity contribution < 1.29 is 14.3 Å². The minimum Gasteiger partial charge on any atom is -0.466 e. The third kappa shape index (κ3) is 1.64. The summed E-state index contributed by atoms with van der Waals surface area (Å²) in [6.07, 6.45) is 5.30. The highest BCUT2D eigenvalue weighted by molar-refractivity contribution is 5.93. The molecule has 0 saturated heterocycles. The molecule has 1 aliphatic rings. The predicted octanol–water partition coefficient (Wildman–Crippen LogP) is 0.989. The van der Waals surface area contributed by atoms with E-state index >= 15 is 0 Å². The van der Waals surface area contributed by atoms with Crippen LogP contribution < -0.4 is 0 Å². The van der Waals surface area contributed by atoms with Crippen LogP contribution in [0.3, 0.4) is 0 Å². The average Bonchev–Trinajstić information content (AvgIpc) is 2.16. The van der Waals surface area contributed by atoms with Crippen molar-refractivity contribution in [3.8, 4) is 0 Å². The number of hydrogen-bond acceptors (Lipinski definition) is 3. The van der Waals surface area contributed by atoms with E-state index in [4.69, 9.17) is 4.74 Å². The van der Waals surface area contributed by atoms with Gasteiger partial charge in [-0.25, -0.2) is 4.79 Å². The molecule has 12 heavy (non-hydrogen) atoms. The van der Waals surface area contributed by atoms with Gasteiger partial charge in [-0.05, 0) is 18.2 Å². The Morgan fingerprint density at radius 3 is 2.83 bits per heavy atom. The molecule has 0 fully saturated rings. The predicted molar refractivity (Wildman–Crippen MR) is 43.0 cm³/mol. The van der Waals surface area contributed by atoms with Gasteiger partial charge in [0.15, 0.2) is 6.10 Å². The fourth-order valence-electron chi connectivity index (χ4n) is 0.863. The Bertz CT molecular complexity index is 269. The maximum absolute atomic E-state index is 11.1. The largest absolute Gasteiger partial charge is 0.466 e. The van der Waals surface area contributed by atoms with Crippen molar-refractivity contribution in [3.05, 3.63) is 35.6 Å². The zero-order valence-corrected chi connectivity index (χ0v) is 6.96. The zero-order valence-electron chi connectivity index (χ0n) is 6.96. The number of rotatable bonds is 2. The van der Waals surface area contributed by atoms with Crippen LogP contribution >= 0.6 is 0 Å². The number of carbonyl (C=O) groups is 1. The quantitative estimate of drug-likeness (QED) is 0.452. The Kier molecular flexibility index (Phi) is 2.86. The minimum atomic E-state index is -0.402. The van der Waals surface area contributed by atoms with Crippen LogP contribution in [0.2, 0.25) is 0 Å². The number of allylic oxidation sites excluding steroid dienone is 1. The molecule has 0 aromatic rings. The van der Waals surface area contributed by atoms with E-state index in [0.717, 1.165) is 0 Å². The van der Waals surface area contributed by atoms with E-state index in [0.29, 0.717) is 11.7 Å². The maximum atomic E-state index is 11.1. The molecule has 3 heteroatoms. The first-order chi connectivity index (χ1) is 5.79. The highest BCUT2D eigenvalue weighted by Crippen LogP contribution is 2.19. The molecule has 0 unspecified atom stereocenters. The van der Waals surface area contributed by atoms with Gasteiger partial charge in [-0.15, -0.1) is 5.73 Å². The Hall–Kier alpha value is -1.31. The summed E-state index contributed by atoms with van der Waals surface area (Å²) in [7, 11) is 2.83. The van der Waals surface area contributed by atoms with Gasteiger partial charge in [-0.3, -0.25) is 0 Å². The van der Waals surface area contributed by atoms with Gasteiger partial charge in [0.05, 0.1) is 12.7 Å². The molecule has 0 N–H and O–H groups in total. The van der Waals surface area contributed by atoms with Gasteiger partial charge in [0.2, 0.25) is 0 Å². The molecule has 1 aliphatic carbocycles. The fraction of sp³-hybridized carbons (Fsp3) is 0.222. The highest BCUT2D eigenvalue weighted by atomic mass is 16.5. The van der Waals surface area contributed by atoms with Crippen molar-refractivity contribution in [1.82, 2.24) is 0 Å². The average molecular weight is 165 g/mol. The Morgan fingerprint density at radius 1 is 1.50 bits per heavy atom. The van der Waals surface area contributed by atoms with Crippen LogP contribution in [0.1, 0.15) is 0 Å². The lowest BCUT2D eigenvalue weighted by molar-refractivity contribution is -0.136. The summed E-state index contributed by atoms with van der Waals surface area (Å²) in [5.74, 6) is -0.402. The van der Waals surface area contributed by atoms with Crippen molar-refractivity contribution in [3.63, 3.8) is 0 Å². The fourth-order valence-corrected chi connectivity index (χ4v) is 0.863. The summed E-state index contributed by atoms with van der Waals surface area (Å²) in [5, 5.41) is 0. The lowest BCUT2D eigenvalue weighted by atomic mass is 10.1. The zero-order chi connectivity index (χ0) is 8.97. The summed E-state index contributed by atoms with van der Waals surface area (Å²) in [5.41, 5.74) is 3.21. The van der Waals surface area contributed by atoms with Crippen LogP contribution in [0.5, 0.6) is 0 Å². The van der Waals surface area contributed by atoms with Crippen LogP contribution in [0.15, 0.2) is 29.5 Å². The van der Waals surface area contributed by atoms with E-state index in [-0.39, 0.29) is 0 Å². The molecular weight excluding hydrogens is 156 g/mol. The topological polar surface area (TPSA) is 35.5 Å².